The summed E-state index contributed by atoms with van der Waals surface area (Å²) < 4.78 is 1.86. The summed E-state index contributed by atoms with van der Waals surface area (Å²) in [5, 5.41) is 14.1. The highest BCUT2D eigenvalue weighted by molar-refractivity contribution is 5.60. The number of aryl methyl sites for hydroxylation is 1. The number of hydrogen-bond donors (Lipinski definition) is 2. The number of nitrogens with zero attached hydrogens (tertiary/aromatic N) is 5. The van der Waals surface area contributed by atoms with Crippen LogP contribution < -0.4 is 11.1 Å². The predicted octanol–water partition coefficient (Wildman–Crippen LogP) is 0.973. The summed E-state index contributed by atoms with van der Waals surface area (Å²) in [5.74, 6) is 0.137. The van der Waals surface area contributed by atoms with Crippen molar-refractivity contribution >= 4 is 17.5 Å². The molecule has 0 saturated heterocycles. The number of rotatable bonds is 5. The van der Waals surface area contributed by atoms with E-state index in [2.05, 4.69) is 20.3 Å². The maximum atomic E-state index is 11.1. The molecule has 0 aliphatic heterocycles. The zero-order chi connectivity index (χ0) is 14.7. The number of nitrogen functional groups attached to an aromatic ring is 1. The average molecular weight is 277 g/mol. The first-order chi connectivity index (χ1) is 9.47. The van der Waals surface area contributed by atoms with Gasteiger partial charge < -0.3 is 15.6 Å². The fourth-order valence-corrected chi connectivity index (χ4v) is 1.90. The van der Waals surface area contributed by atoms with Crippen molar-refractivity contribution in [1.82, 2.24) is 19.5 Å². The molecule has 2 aromatic heterocycles. The zero-order valence-corrected chi connectivity index (χ0v) is 11.1. The molecule has 0 aliphatic rings. The maximum absolute atomic E-state index is 11.1. The zero-order valence-electron chi connectivity index (χ0n) is 11.1. The van der Waals surface area contributed by atoms with Crippen LogP contribution in [0.25, 0.3) is 0 Å². The summed E-state index contributed by atoms with van der Waals surface area (Å²) in [5.41, 5.74) is 5.62. The van der Waals surface area contributed by atoms with Crippen LogP contribution >= 0.6 is 0 Å². The Balaban J connectivity index is 2.21. The van der Waals surface area contributed by atoms with E-state index in [-0.39, 0.29) is 29.2 Å². The van der Waals surface area contributed by atoms with E-state index in [0.717, 1.165) is 0 Å². The minimum atomic E-state index is -0.513. The molecule has 9 nitrogen and oxygen atoms in total. The third-order valence-corrected chi connectivity index (χ3v) is 2.69. The van der Waals surface area contributed by atoms with Crippen molar-refractivity contribution in [2.75, 3.05) is 11.1 Å². The number of anilines is 2. The SMILES string of the molecule is Cc1nc(N)nc(NC(C)Cn2ccnc2)c1[N+](=O)[O-]. The molecule has 3 N–H and O–H groups in total. The monoisotopic (exact) mass is 277 g/mol. The Hall–Kier alpha value is -2.71. The first-order valence-corrected chi connectivity index (χ1v) is 5.98. The van der Waals surface area contributed by atoms with Crippen molar-refractivity contribution < 1.29 is 4.92 Å². The van der Waals surface area contributed by atoms with Crippen molar-refractivity contribution in [1.29, 1.82) is 0 Å². The van der Waals surface area contributed by atoms with Crippen LogP contribution in [0.5, 0.6) is 0 Å². The van der Waals surface area contributed by atoms with Gasteiger partial charge in [-0.2, -0.15) is 4.98 Å². The molecule has 0 aromatic carbocycles. The largest absolute Gasteiger partial charge is 0.368 e. The second-order valence-electron chi connectivity index (χ2n) is 4.43. The number of hydrogen-bond acceptors (Lipinski definition) is 7. The lowest BCUT2D eigenvalue weighted by atomic mass is 10.3. The number of aromatic nitrogens is 4. The highest BCUT2D eigenvalue weighted by Gasteiger charge is 2.22. The van der Waals surface area contributed by atoms with Crippen LogP contribution in [0, 0.1) is 17.0 Å². The van der Waals surface area contributed by atoms with Crippen molar-refractivity contribution in [2.24, 2.45) is 0 Å². The Morgan fingerprint density at radius 1 is 1.55 bits per heavy atom. The van der Waals surface area contributed by atoms with Crippen LogP contribution in [0.1, 0.15) is 12.6 Å². The summed E-state index contributed by atoms with van der Waals surface area (Å²) in [6, 6.07) is -0.0865. The van der Waals surface area contributed by atoms with E-state index < -0.39 is 4.92 Å². The number of nitrogens with two attached hydrogens (primary N) is 1. The maximum Gasteiger partial charge on any atom is 0.332 e. The Morgan fingerprint density at radius 2 is 2.30 bits per heavy atom. The molecule has 0 aliphatic carbocycles. The molecule has 0 amide bonds. The molecule has 0 spiro atoms. The summed E-state index contributed by atoms with van der Waals surface area (Å²) in [6.07, 6.45) is 5.15. The van der Waals surface area contributed by atoms with Gasteiger partial charge in [0.25, 0.3) is 0 Å². The molecule has 106 valence electrons. The van der Waals surface area contributed by atoms with Gasteiger partial charge in [0.15, 0.2) is 0 Å². The normalized spacial score (nSPS) is 12.1. The molecule has 2 aromatic rings. The standard InChI is InChI=1S/C11H15N7O2/c1-7(5-17-4-3-13-6-17)14-10-9(18(19)20)8(2)15-11(12)16-10/h3-4,6-7H,5H2,1-2H3,(H3,12,14,15,16). The minimum Gasteiger partial charge on any atom is -0.368 e. The van der Waals surface area contributed by atoms with E-state index in [1.165, 1.54) is 6.92 Å². The van der Waals surface area contributed by atoms with E-state index >= 15 is 0 Å². The number of imidazole rings is 1. The average Bonchev–Trinajstić information content (AvgIpc) is 2.79. The molecule has 20 heavy (non-hydrogen) atoms. The van der Waals surface area contributed by atoms with Gasteiger partial charge in [-0.1, -0.05) is 0 Å². The van der Waals surface area contributed by atoms with E-state index in [1.54, 1.807) is 12.5 Å². The first-order valence-electron chi connectivity index (χ1n) is 5.98. The van der Waals surface area contributed by atoms with Crippen LogP contribution in [0.2, 0.25) is 0 Å². The minimum absolute atomic E-state index is 0.00503. The predicted molar refractivity (Wildman–Crippen MR) is 73.1 cm³/mol. The van der Waals surface area contributed by atoms with Gasteiger partial charge in [-0.05, 0) is 13.8 Å². The van der Waals surface area contributed by atoms with Gasteiger partial charge in [0.2, 0.25) is 11.8 Å². The molecule has 2 heterocycles. The van der Waals surface area contributed by atoms with E-state index in [9.17, 15) is 10.1 Å². The van der Waals surface area contributed by atoms with Crippen LogP contribution in [0.3, 0.4) is 0 Å². The summed E-state index contributed by atoms with van der Waals surface area (Å²) >= 11 is 0. The molecular weight excluding hydrogens is 262 g/mol. The Morgan fingerprint density at radius 3 is 2.90 bits per heavy atom. The molecular formula is C11H15N7O2. The van der Waals surface area contributed by atoms with E-state index in [0.29, 0.717) is 6.54 Å². The van der Waals surface area contributed by atoms with Crippen LogP contribution in [0.15, 0.2) is 18.7 Å². The second kappa shape index (κ2) is 5.51. The summed E-state index contributed by atoms with van der Waals surface area (Å²) in [4.78, 5) is 22.2. The molecule has 0 saturated carbocycles. The summed E-state index contributed by atoms with van der Waals surface area (Å²) in [7, 11) is 0. The second-order valence-corrected chi connectivity index (χ2v) is 4.43. The molecule has 9 heteroatoms. The molecule has 0 bridgehead atoms. The van der Waals surface area contributed by atoms with Gasteiger partial charge in [0.05, 0.1) is 11.3 Å². The van der Waals surface area contributed by atoms with E-state index in [1.807, 2.05) is 17.7 Å². The Labute approximate surface area is 115 Å². The summed E-state index contributed by atoms with van der Waals surface area (Å²) in [6.45, 7) is 4.01. The Bertz CT molecular complexity index is 611. The van der Waals surface area contributed by atoms with Gasteiger partial charge in [0.1, 0.15) is 5.69 Å². The van der Waals surface area contributed by atoms with Gasteiger partial charge in [0, 0.05) is 25.0 Å². The van der Waals surface area contributed by atoms with Crippen molar-refractivity contribution in [3.8, 4) is 0 Å². The number of nitro groups is 1. The fraction of sp³-hybridized carbons (Fsp3) is 0.364. The van der Waals surface area contributed by atoms with Crippen LogP contribution in [0.4, 0.5) is 17.5 Å². The Kier molecular flexibility index (Phi) is 3.78. The van der Waals surface area contributed by atoms with Crippen molar-refractivity contribution in [2.45, 2.75) is 26.4 Å². The lowest BCUT2D eigenvalue weighted by Crippen LogP contribution is -2.23. The van der Waals surface area contributed by atoms with Gasteiger partial charge in [-0.25, -0.2) is 9.97 Å². The van der Waals surface area contributed by atoms with Gasteiger partial charge in [-0.3, -0.25) is 10.1 Å². The molecule has 1 unspecified atom stereocenters. The fourth-order valence-electron chi connectivity index (χ4n) is 1.90. The molecule has 0 radical (unpaired) electrons. The molecule has 2 rings (SSSR count). The van der Waals surface area contributed by atoms with Crippen molar-refractivity contribution in [3.63, 3.8) is 0 Å². The van der Waals surface area contributed by atoms with Gasteiger partial charge in [-0.15, -0.1) is 0 Å². The van der Waals surface area contributed by atoms with E-state index in [4.69, 9.17) is 5.73 Å². The molecule has 0 fully saturated rings. The van der Waals surface area contributed by atoms with Gasteiger partial charge >= 0.3 is 5.69 Å². The third-order valence-electron chi connectivity index (χ3n) is 2.69. The lowest BCUT2D eigenvalue weighted by molar-refractivity contribution is -0.385. The highest BCUT2D eigenvalue weighted by atomic mass is 16.6. The smallest absolute Gasteiger partial charge is 0.332 e. The third kappa shape index (κ3) is 2.99. The quantitative estimate of drug-likeness (QED) is 0.616. The molecule has 1 atom stereocenters. The van der Waals surface area contributed by atoms with Crippen LogP contribution in [-0.2, 0) is 6.54 Å². The highest BCUT2D eigenvalue weighted by Crippen LogP contribution is 2.26. The lowest BCUT2D eigenvalue weighted by Gasteiger charge is -2.15. The van der Waals surface area contributed by atoms with Crippen molar-refractivity contribution in [3.05, 3.63) is 34.5 Å². The van der Waals surface area contributed by atoms with Crippen LogP contribution in [-0.4, -0.2) is 30.5 Å². The number of nitrogens with one attached hydrogen (secondary N) is 1. The topological polar surface area (TPSA) is 125 Å². The first kappa shape index (κ1) is 13.7.